The van der Waals surface area contributed by atoms with Crippen molar-refractivity contribution in [1.29, 1.82) is 0 Å². The molecule has 0 saturated heterocycles. The maximum Gasteiger partial charge on any atom is 0.134 e. The smallest absolute Gasteiger partial charge is 0.134 e. The maximum absolute atomic E-state index is 4.55. The van der Waals surface area contributed by atoms with Gasteiger partial charge in [0.05, 0.1) is 0 Å². The SMILES string of the molecule is CC1CCCC(CNc2nccc3sccc23)(N(C)C)C1. The highest BCUT2D eigenvalue weighted by molar-refractivity contribution is 7.17. The van der Waals surface area contributed by atoms with Crippen molar-refractivity contribution in [2.45, 2.75) is 38.1 Å². The zero-order valence-electron chi connectivity index (χ0n) is 13.2. The van der Waals surface area contributed by atoms with Crippen LogP contribution in [0.5, 0.6) is 0 Å². The molecule has 1 N–H and O–H groups in total. The summed E-state index contributed by atoms with van der Waals surface area (Å²) in [5, 5.41) is 7.03. The minimum absolute atomic E-state index is 0.261. The van der Waals surface area contributed by atoms with Gasteiger partial charge >= 0.3 is 0 Å². The van der Waals surface area contributed by atoms with E-state index in [1.807, 2.05) is 6.20 Å². The first-order valence-corrected chi connectivity index (χ1v) is 8.72. The summed E-state index contributed by atoms with van der Waals surface area (Å²) < 4.78 is 1.31. The van der Waals surface area contributed by atoms with E-state index in [1.165, 1.54) is 35.8 Å². The fourth-order valence-electron chi connectivity index (χ4n) is 3.64. The molecule has 2 aromatic heterocycles. The second-order valence-electron chi connectivity index (χ2n) is 6.67. The molecule has 1 saturated carbocycles. The Morgan fingerprint density at radius 1 is 1.43 bits per heavy atom. The molecule has 114 valence electrons. The molecule has 0 bridgehead atoms. The van der Waals surface area contributed by atoms with E-state index >= 15 is 0 Å². The van der Waals surface area contributed by atoms with Crippen molar-refractivity contribution < 1.29 is 0 Å². The third-order valence-corrected chi connectivity index (χ3v) is 5.86. The molecular formula is C17H25N3S. The molecule has 0 spiro atoms. The average Bonchev–Trinajstić information content (AvgIpc) is 2.94. The Morgan fingerprint density at radius 3 is 3.05 bits per heavy atom. The van der Waals surface area contributed by atoms with Gasteiger partial charge in [0, 0.05) is 28.4 Å². The van der Waals surface area contributed by atoms with E-state index in [-0.39, 0.29) is 5.54 Å². The van der Waals surface area contributed by atoms with Crippen LogP contribution in [-0.4, -0.2) is 36.1 Å². The molecule has 0 amide bonds. The summed E-state index contributed by atoms with van der Waals surface area (Å²) in [4.78, 5) is 6.97. The molecule has 4 heteroatoms. The zero-order chi connectivity index (χ0) is 14.9. The standard InChI is InChI=1S/C17H25N3S/c1-13-5-4-8-17(11-13,20(2)3)12-19-16-14-7-10-21-15(14)6-9-18-16/h6-7,9-10,13H,4-5,8,11-12H2,1-3H3,(H,18,19). The molecule has 3 nitrogen and oxygen atoms in total. The number of rotatable bonds is 4. The molecule has 0 radical (unpaired) electrons. The Labute approximate surface area is 131 Å². The van der Waals surface area contributed by atoms with E-state index in [9.17, 15) is 0 Å². The summed E-state index contributed by atoms with van der Waals surface area (Å²) in [5.41, 5.74) is 0.261. The second-order valence-corrected chi connectivity index (χ2v) is 7.61. The molecule has 2 heterocycles. The fourth-order valence-corrected chi connectivity index (χ4v) is 4.42. The lowest BCUT2D eigenvalue weighted by molar-refractivity contribution is 0.0882. The minimum Gasteiger partial charge on any atom is -0.368 e. The van der Waals surface area contributed by atoms with Gasteiger partial charge in [-0.1, -0.05) is 19.8 Å². The fraction of sp³-hybridized carbons (Fsp3) is 0.588. The highest BCUT2D eigenvalue weighted by atomic mass is 32.1. The number of fused-ring (bicyclic) bond motifs is 1. The van der Waals surface area contributed by atoms with E-state index in [2.05, 4.69) is 53.7 Å². The van der Waals surface area contributed by atoms with Gasteiger partial charge in [0.1, 0.15) is 5.82 Å². The van der Waals surface area contributed by atoms with Crippen LogP contribution in [0.25, 0.3) is 10.1 Å². The van der Waals surface area contributed by atoms with Crippen LogP contribution in [0.3, 0.4) is 0 Å². The third-order valence-electron chi connectivity index (χ3n) is 4.98. The second kappa shape index (κ2) is 5.93. The Morgan fingerprint density at radius 2 is 2.29 bits per heavy atom. The van der Waals surface area contributed by atoms with E-state index in [0.717, 1.165) is 18.3 Å². The van der Waals surface area contributed by atoms with Gasteiger partial charge in [-0.15, -0.1) is 11.3 Å². The average molecular weight is 303 g/mol. The molecule has 2 unspecified atom stereocenters. The maximum atomic E-state index is 4.55. The first-order valence-electron chi connectivity index (χ1n) is 7.84. The highest BCUT2D eigenvalue weighted by Gasteiger charge is 2.36. The lowest BCUT2D eigenvalue weighted by Gasteiger charge is -2.45. The van der Waals surface area contributed by atoms with E-state index < -0.39 is 0 Å². The third kappa shape index (κ3) is 2.92. The molecule has 1 fully saturated rings. The van der Waals surface area contributed by atoms with Crippen molar-refractivity contribution in [3.63, 3.8) is 0 Å². The van der Waals surface area contributed by atoms with Crippen LogP contribution >= 0.6 is 11.3 Å². The molecule has 0 aliphatic heterocycles. The number of nitrogens with zero attached hydrogens (tertiary/aromatic N) is 2. The summed E-state index contributed by atoms with van der Waals surface area (Å²) in [6.07, 6.45) is 7.15. The summed E-state index contributed by atoms with van der Waals surface area (Å²) in [5.74, 6) is 1.85. The molecule has 2 atom stereocenters. The predicted octanol–water partition coefficient (Wildman–Crippen LogP) is 4.22. The van der Waals surface area contributed by atoms with Gasteiger partial charge in [-0.05, 0) is 50.4 Å². The van der Waals surface area contributed by atoms with E-state index in [1.54, 1.807) is 11.3 Å². The summed E-state index contributed by atoms with van der Waals surface area (Å²) in [7, 11) is 4.44. The van der Waals surface area contributed by atoms with Crippen LogP contribution in [0.4, 0.5) is 5.82 Å². The molecule has 0 aromatic carbocycles. The summed E-state index contributed by atoms with van der Waals surface area (Å²) >= 11 is 1.78. The van der Waals surface area contributed by atoms with Crippen molar-refractivity contribution >= 4 is 27.2 Å². The van der Waals surface area contributed by atoms with Crippen molar-refractivity contribution in [2.24, 2.45) is 5.92 Å². The largest absolute Gasteiger partial charge is 0.368 e. The topological polar surface area (TPSA) is 28.2 Å². The molecular weight excluding hydrogens is 278 g/mol. The number of nitrogens with one attached hydrogen (secondary N) is 1. The zero-order valence-corrected chi connectivity index (χ0v) is 14.0. The molecule has 3 rings (SSSR count). The van der Waals surface area contributed by atoms with Crippen LogP contribution < -0.4 is 5.32 Å². The Bertz CT molecular complexity index is 607. The monoisotopic (exact) mass is 303 g/mol. The molecule has 1 aliphatic rings. The van der Waals surface area contributed by atoms with Crippen LogP contribution in [-0.2, 0) is 0 Å². The van der Waals surface area contributed by atoms with Gasteiger partial charge in [0.15, 0.2) is 0 Å². The highest BCUT2D eigenvalue weighted by Crippen LogP contribution is 2.36. The summed E-state index contributed by atoms with van der Waals surface area (Å²) in [6.45, 7) is 3.36. The van der Waals surface area contributed by atoms with Gasteiger partial charge in [-0.25, -0.2) is 4.98 Å². The number of pyridine rings is 1. The van der Waals surface area contributed by atoms with Gasteiger partial charge < -0.3 is 10.2 Å². The normalized spacial score (nSPS) is 26.4. The number of thiophene rings is 1. The Balaban J connectivity index is 1.79. The number of aromatic nitrogens is 1. The van der Waals surface area contributed by atoms with E-state index in [4.69, 9.17) is 0 Å². The van der Waals surface area contributed by atoms with Crippen molar-refractivity contribution in [1.82, 2.24) is 9.88 Å². The number of hydrogen-bond donors (Lipinski definition) is 1. The summed E-state index contributed by atoms with van der Waals surface area (Å²) in [6, 6.07) is 4.26. The van der Waals surface area contributed by atoms with Crippen molar-refractivity contribution in [3.8, 4) is 0 Å². The van der Waals surface area contributed by atoms with E-state index in [0.29, 0.717) is 0 Å². The van der Waals surface area contributed by atoms with Crippen molar-refractivity contribution in [3.05, 3.63) is 23.7 Å². The van der Waals surface area contributed by atoms with Gasteiger partial charge in [-0.2, -0.15) is 0 Å². The predicted molar refractivity (Wildman–Crippen MR) is 92.2 cm³/mol. The number of hydrogen-bond acceptors (Lipinski definition) is 4. The van der Waals surface area contributed by atoms with Crippen LogP contribution in [0.2, 0.25) is 0 Å². The first kappa shape index (κ1) is 14.8. The quantitative estimate of drug-likeness (QED) is 0.916. The van der Waals surface area contributed by atoms with Crippen LogP contribution in [0, 0.1) is 5.92 Å². The Kier molecular flexibility index (Phi) is 4.18. The van der Waals surface area contributed by atoms with Gasteiger partial charge in [0.2, 0.25) is 0 Å². The number of likely N-dealkylation sites (N-methyl/N-ethyl adjacent to an activating group) is 1. The first-order chi connectivity index (χ1) is 10.1. The lowest BCUT2D eigenvalue weighted by atomic mass is 9.75. The molecule has 21 heavy (non-hydrogen) atoms. The van der Waals surface area contributed by atoms with Crippen molar-refractivity contribution in [2.75, 3.05) is 26.0 Å². The number of anilines is 1. The minimum atomic E-state index is 0.261. The van der Waals surface area contributed by atoms with Gasteiger partial charge in [-0.3, -0.25) is 0 Å². The van der Waals surface area contributed by atoms with Crippen LogP contribution in [0.15, 0.2) is 23.7 Å². The Hall–Kier alpha value is -1.13. The molecule has 1 aliphatic carbocycles. The van der Waals surface area contributed by atoms with Gasteiger partial charge in [0.25, 0.3) is 0 Å². The molecule has 2 aromatic rings. The van der Waals surface area contributed by atoms with Crippen LogP contribution in [0.1, 0.15) is 32.6 Å². The lowest BCUT2D eigenvalue weighted by Crippen LogP contribution is -2.52.